The zero-order valence-electron chi connectivity index (χ0n) is 12.5. The van der Waals surface area contributed by atoms with Crippen molar-refractivity contribution in [1.29, 1.82) is 0 Å². The van der Waals surface area contributed by atoms with E-state index < -0.39 is 39.0 Å². The smallest absolute Gasteiger partial charge is 0.324 e. The first-order valence-electron chi connectivity index (χ1n) is 6.38. The van der Waals surface area contributed by atoms with Crippen LogP contribution in [-0.2, 0) is 25.3 Å². The number of benzene rings is 1. The summed E-state index contributed by atoms with van der Waals surface area (Å²) in [6.45, 7) is 5.13. The van der Waals surface area contributed by atoms with Gasteiger partial charge in [0.1, 0.15) is 11.9 Å². The largest absolute Gasteiger partial charge is 0.468 e. The number of sulfonamides is 1. The first kappa shape index (κ1) is 17.6. The summed E-state index contributed by atoms with van der Waals surface area (Å²) in [4.78, 5) is 11.7. The van der Waals surface area contributed by atoms with Crippen molar-refractivity contribution in [2.45, 2.75) is 32.6 Å². The van der Waals surface area contributed by atoms with Gasteiger partial charge in [-0.25, -0.2) is 17.5 Å². The summed E-state index contributed by atoms with van der Waals surface area (Å²) >= 11 is 0. The Hall–Kier alpha value is -1.47. The van der Waals surface area contributed by atoms with E-state index in [1.165, 1.54) is 25.3 Å². The van der Waals surface area contributed by atoms with Crippen molar-refractivity contribution in [2.24, 2.45) is 5.41 Å². The summed E-state index contributed by atoms with van der Waals surface area (Å²) in [5.74, 6) is -1.82. The molecular weight excluding hydrogens is 297 g/mol. The van der Waals surface area contributed by atoms with E-state index in [1.807, 2.05) is 0 Å². The predicted molar refractivity (Wildman–Crippen MR) is 77.4 cm³/mol. The molecule has 1 rings (SSSR count). The van der Waals surface area contributed by atoms with Gasteiger partial charge in [-0.15, -0.1) is 0 Å². The van der Waals surface area contributed by atoms with Gasteiger partial charge in [-0.2, -0.15) is 0 Å². The SMILES string of the molecule is COC(=O)C(NS(=O)(=O)Cc1ccccc1F)C(C)(C)C. The first-order valence-corrected chi connectivity index (χ1v) is 8.03. The zero-order chi connectivity index (χ0) is 16.3. The van der Waals surface area contributed by atoms with E-state index in [2.05, 4.69) is 9.46 Å². The van der Waals surface area contributed by atoms with E-state index in [4.69, 9.17) is 0 Å². The highest BCUT2D eigenvalue weighted by molar-refractivity contribution is 7.88. The van der Waals surface area contributed by atoms with Gasteiger partial charge in [0.05, 0.1) is 12.9 Å². The van der Waals surface area contributed by atoms with Crippen LogP contribution in [0.15, 0.2) is 24.3 Å². The Morgan fingerprint density at radius 3 is 2.38 bits per heavy atom. The molecule has 118 valence electrons. The van der Waals surface area contributed by atoms with Crippen molar-refractivity contribution < 1.29 is 22.3 Å². The van der Waals surface area contributed by atoms with Gasteiger partial charge in [-0.1, -0.05) is 39.0 Å². The summed E-state index contributed by atoms with van der Waals surface area (Å²) in [5.41, 5.74) is -0.627. The molecule has 0 radical (unpaired) electrons. The minimum atomic E-state index is -3.89. The number of ether oxygens (including phenoxy) is 1. The van der Waals surface area contributed by atoms with Crippen molar-refractivity contribution in [1.82, 2.24) is 4.72 Å². The minimum Gasteiger partial charge on any atom is -0.468 e. The van der Waals surface area contributed by atoms with Crippen LogP contribution in [0.5, 0.6) is 0 Å². The lowest BCUT2D eigenvalue weighted by atomic mass is 9.87. The van der Waals surface area contributed by atoms with Crippen LogP contribution in [0, 0.1) is 11.2 Å². The van der Waals surface area contributed by atoms with Crippen LogP contribution in [-0.4, -0.2) is 27.5 Å². The van der Waals surface area contributed by atoms with E-state index in [0.29, 0.717) is 0 Å². The Morgan fingerprint density at radius 2 is 1.90 bits per heavy atom. The Balaban J connectivity index is 2.97. The third-order valence-electron chi connectivity index (χ3n) is 2.90. The molecule has 1 atom stereocenters. The number of nitrogens with one attached hydrogen (secondary N) is 1. The highest BCUT2D eigenvalue weighted by Crippen LogP contribution is 2.22. The lowest BCUT2D eigenvalue weighted by Gasteiger charge is -2.28. The van der Waals surface area contributed by atoms with Crippen molar-refractivity contribution >= 4 is 16.0 Å². The number of halogens is 1. The van der Waals surface area contributed by atoms with Crippen LogP contribution in [0.1, 0.15) is 26.3 Å². The lowest BCUT2D eigenvalue weighted by Crippen LogP contribution is -2.49. The Bertz CT molecular complexity index is 608. The number of carbonyl (C=O) groups excluding carboxylic acids is 1. The third-order valence-corrected chi connectivity index (χ3v) is 4.19. The van der Waals surface area contributed by atoms with Crippen LogP contribution >= 0.6 is 0 Å². The van der Waals surface area contributed by atoms with Gasteiger partial charge < -0.3 is 4.74 Å². The molecule has 1 N–H and O–H groups in total. The lowest BCUT2D eigenvalue weighted by molar-refractivity contribution is -0.145. The van der Waals surface area contributed by atoms with Crippen LogP contribution in [0.25, 0.3) is 0 Å². The highest BCUT2D eigenvalue weighted by Gasteiger charge is 2.35. The molecule has 1 unspecified atom stereocenters. The number of carbonyl (C=O) groups is 1. The Morgan fingerprint density at radius 1 is 1.33 bits per heavy atom. The van der Waals surface area contributed by atoms with Crippen molar-refractivity contribution in [2.75, 3.05) is 7.11 Å². The monoisotopic (exact) mass is 317 g/mol. The summed E-state index contributed by atoms with van der Waals surface area (Å²) < 4.78 is 44.7. The van der Waals surface area contributed by atoms with E-state index >= 15 is 0 Å². The van der Waals surface area contributed by atoms with Crippen LogP contribution in [0.3, 0.4) is 0 Å². The molecular formula is C14H20FNO4S. The predicted octanol–water partition coefficient (Wildman–Crippen LogP) is 1.83. The fraction of sp³-hybridized carbons (Fsp3) is 0.500. The molecule has 1 aromatic carbocycles. The van der Waals surface area contributed by atoms with Crippen molar-refractivity contribution in [3.63, 3.8) is 0 Å². The van der Waals surface area contributed by atoms with Crippen LogP contribution < -0.4 is 4.72 Å². The van der Waals surface area contributed by atoms with Gasteiger partial charge in [0.25, 0.3) is 0 Å². The topological polar surface area (TPSA) is 72.5 Å². The zero-order valence-corrected chi connectivity index (χ0v) is 13.3. The molecule has 0 saturated carbocycles. The van der Waals surface area contributed by atoms with Crippen molar-refractivity contribution in [3.05, 3.63) is 35.6 Å². The number of hydrogen-bond donors (Lipinski definition) is 1. The summed E-state index contributed by atoms with van der Waals surface area (Å²) in [5, 5.41) is 0. The molecule has 0 amide bonds. The molecule has 5 nitrogen and oxygen atoms in total. The summed E-state index contributed by atoms with van der Waals surface area (Å²) in [6, 6.07) is 4.56. The molecule has 21 heavy (non-hydrogen) atoms. The standard InChI is InChI=1S/C14H20FNO4S/c1-14(2,3)12(13(17)20-4)16-21(18,19)9-10-7-5-6-8-11(10)15/h5-8,12,16H,9H2,1-4H3. The molecule has 7 heteroatoms. The fourth-order valence-electron chi connectivity index (χ4n) is 1.74. The second-order valence-corrected chi connectivity index (χ2v) is 7.54. The number of rotatable bonds is 5. The van der Waals surface area contributed by atoms with Crippen LogP contribution in [0.2, 0.25) is 0 Å². The van der Waals surface area contributed by atoms with Gasteiger partial charge in [-0.05, 0) is 11.5 Å². The van der Waals surface area contributed by atoms with E-state index in [0.717, 1.165) is 0 Å². The number of esters is 1. The second-order valence-electron chi connectivity index (χ2n) is 5.79. The molecule has 0 aliphatic carbocycles. The maximum atomic E-state index is 13.5. The second kappa shape index (κ2) is 6.53. The molecule has 0 aliphatic rings. The van der Waals surface area contributed by atoms with Gasteiger partial charge >= 0.3 is 5.97 Å². The molecule has 0 fully saturated rings. The molecule has 0 saturated heterocycles. The molecule has 0 aliphatic heterocycles. The van der Waals surface area contributed by atoms with E-state index in [1.54, 1.807) is 26.8 Å². The Labute approximate surface area is 124 Å². The summed E-state index contributed by atoms with van der Waals surface area (Å²) in [7, 11) is -2.70. The fourth-order valence-corrected chi connectivity index (χ4v) is 3.27. The number of hydrogen-bond acceptors (Lipinski definition) is 4. The normalized spacial score (nSPS) is 13.8. The first-order chi connectivity index (χ1) is 9.57. The molecule has 1 aromatic rings. The summed E-state index contributed by atoms with van der Waals surface area (Å²) in [6.07, 6.45) is 0. The number of methoxy groups -OCH3 is 1. The van der Waals surface area contributed by atoms with Crippen LogP contribution in [0.4, 0.5) is 4.39 Å². The molecule has 0 heterocycles. The highest BCUT2D eigenvalue weighted by atomic mass is 32.2. The minimum absolute atomic E-state index is 0.0440. The quantitative estimate of drug-likeness (QED) is 0.841. The van der Waals surface area contributed by atoms with Gasteiger partial charge in [0.2, 0.25) is 10.0 Å². The third kappa shape index (κ3) is 5.09. The maximum absolute atomic E-state index is 13.5. The average Bonchev–Trinajstić information content (AvgIpc) is 2.36. The van der Waals surface area contributed by atoms with E-state index in [9.17, 15) is 17.6 Å². The Kier molecular flexibility index (Phi) is 5.47. The van der Waals surface area contributed by atoms with Gasteiger partial charge in [0.15, 0.2) is 0 Å². The molecule has 0 aromatic heterocycles. The molecule has 0 spiro atoms. The van der Waals surface area contributed by atoms with E-state index in [-0.39, 0.29) is 5.56 Å². The van der Waals surface area contributed by atoms with Gasteiger partial charge in [-0.3, -0.25) is 4.79 Å². The average molecular weight is 317 g/mol. The van der Waals surface area contributed by atoms with Gasteiger partial charge in [0, 0.05) is 5.56 Å². The maximum Gasteiger partial charge on any atom is 0.324 e. The molecule has 0 bridgehead atoms. The van der Waals surface area contributed by atoms with Crippen molar-refractivity contribution in [3.8, 4) is 0 Å².